The minimum Gasteiger partial charge on any atom is -0.365 e. The molecular formula is C19H26N4O2. The number of carbonyl (C=O) groups is 1. The zero-order chi connectivity index (χ0) is 17.6. The summed E-state index contributed by atoms with van der Waals surface area (Å²) in [5.41, 5.74) is 1.77. The largest absolute Gasteiger partial charge is 0.365 e. The summed E-state index contributed by atoms with van der Waals surface area (Å²) in [6.45, 7) is 1.82. The van der Waals surface area contributed by atoms with Crippen LogP contribution in [0.15, 0.2) is 30.6 Å². The monoisotopic (exact) mass is 342 g/mol. The minimum absolute atomic E-state index is 0.131. The van der Waals surface area contributed by atoms with Gasteiger partial charge in [0.25, 0.3) is 5.91 Å². The molecule has 1 fully saturated rings. The Balaban J connectivity index is 1.61. The maximum atomic E-state index is 12.5. The first kappa shape index (κ1) is 17.6. The van der Waals surface area contributed by atoms with Crippen molar-refractivity contribution in [3.63, 3.8) is 0 Å². The Hall–Kier alpha value is -2.21. The molecule has 1 aliphatic rings. The molecule has 0 aromatic carbocycles. The predicted molar refractivity (Wildman–Crippen MR) is 97.1 cm³/mol. The topological polar surface area (TPSA) is 69.0 Å². The first-order valence-electron chi connectivity index (χ1n) is 9.04. The molecule has 3 rings (SSSR count). The third-order valence-electron chi connectivity index (χ3n) is 4.68. The lowest BCUT2D eigenvalue weighted by molar-refractivity contribution is -0.130. The normalized spacial score (nSPS) is 17.0. The number of rotatable bonds is 5. The van der Waals surface area contributed by atoms with Crippen LogP contribution in [0.4, 0.5) is 5.82 Å². The average Bonchev–Trinajstić information content (AvgIpc) is 2.82. The second-order valence-electron chi connectivity index (χ2n) is 6.66. The Morgan fingerprint density at radius 2 is 1.92 bits per heavy atom. The number of anilines is 1. The number of carbonyl (C=O) groups excluding carboxylic acids is 1. The molecule has 0 saturated heterocycles. The van der Waals surface area contributed by atoms with E-state index in [1.54, 1.807) is 17.1 Å². The summed E-state index contributed by atoms with van der Waals surface area (Å²) >= 11 is 0. The van der Waals surface area contributed by atoms with Crippen molar-refractivity contribution < 1.29 is 9.53 Å². The third kappa shape index (κ3) is 4.66. The van der Waals surface area contributed by atoms with Gasteiger partial charge in [-0.3, -0.25) is 14.5 Å². The molecule has 1 unspecified atom stereocenters. The van der Waals surface area contributed by atoms with Gasteiger partial charge in [0.05, 0.1) is 11.8 Å². The standard InChI is InChI=1S/C19H26N4O2/c1-14(25-16-7-5-3-4-6-8-16)19(24)21-18-13-17(22-23(18)2)15-9-11-20-12-10-15/h9-14,16H,3-8H2,1-2H3,(H,21,24). The van der Waals surface area contributed by atoms with Crippen LogP contribution < -0.4 is 5.32 Å². The highest BCUT2D eigenvalue weighted by molar-refractivity contribution is 5.93. The summed E-state index contributed by atoms with van der Waals surface area (Å²) in [6, 6.07) is 5.66. The summed E-state index contributed by atoms with van der Waals surface area (Å²) < 4.78 is 7.66. The lowest BCUT2D eigenvalue weighted by Gasteiger charge is -2.20. The quantitative estimate of drug-likeness (QED) is 0.844. The van der Waals surface area contributed by atoms with E-state index in [1.165, 1.54) is 25.7 Å². The molecule has 2 aromatic rings. The molecule has 0 spiro atoms. The van der Waals surface area contributed by atoms with Crippen LogP contribution in [-0.4, -0.2) is 32.9 Å². The summed E-state index contributed by atoms with van der Waals surface area (Å²) in [5.74, 6) is 0.529. The molecule has 6 nitrogen and oxygen atoms in total. The van der Waals surface area contributed by atoms with Crippen molar-refractivity contribution in [3.05, 3.63) is 30.6 Å². The molecule has 1 amide bonds. The first-order valence-corrected chi connectivity index (χ1v) is 9.04. The lowest BCUT2D eigenvalue weighted by Crippen LogP contribution is -2.32. The molecule has 0 bridgehead atoms. The van der Waals surface area contributed by atoms with Crippen molar-refractivity contribution >= 4 is 11.7 Å². The van der Waals surface area contributed by atoms with Crippen LogP contribution in [0.1, 0.15) is 45.4 Å². The van der Waals surface area contributed by atoms with E-state index >= 15 is 0 Å². The SMILES string of the molecule is CC(OC1CCCCCC1)C(=O)Nc1cc(-c2ccncc2)nn1C. The number of ether oxygens (including phenoxy) is 1. The van der Waals surface area contributed by atoms with Gasteiger partial charge in [0.2, 0.25) is 0 Å². The number of nitrogens with one attached hydrogen (secondary N) is 1. The van der Waals surface area contributed by atoms with E-state index in [1.807, 2.05) is 32.2 Å². The summed E-state index contributed by atoms with van der Waals surface area (Å²) in [4.78, 5) is 16.5. The van der Waals surface area contributed by atoms with Gasteiger partial charge in [0.1, 0.15) is 11.9 Å². The van der Waals surface area contributed by atoms with Gasteiger partial charge in [-0.1, -0.05) is 25.7 Å². The molecule has 134 valence electrons. The Labute approximate surface area is 148 Å². The number of aryl methyl sites for hydroxylation is 1. The van der Waals surface area contributed by atoms with Crippen molar-refractivity contribution in [3.8, 4) is 11.3 Å². The Morgan fingerprint density at radius 1 is 1.24 bits per heavy atom. The Morgan fingerprint density at radius 3 is 2.60 bits per heavy atom. The number of nitrogens with zero attached hydrogens (tertiary/aromatic N) is 3. The number of pyridine rings is 1. The summed E-state index contributed by atoms with van der Waals surface area (Å²) in [7, 11) is 1.82. The van der Waals surface area contributed by atoms with Gasteiger partial charge >= 0.3 is 0 Å². The van der Waals surface area contributed by atoms with Gasteiger partial charge < -0.3 is 10.1 Å². The molecule has 1 N–H and O–H groups in total. The molecular weight excluding hydrogens is 316 g/mol. The Bertz CT molecular complexity index is 691. The second kappa shape index (κ2) is 8.25. The second-order valence-corrected chi connectivity index (χ2v) is 6.66. The number of hydrogen-bond acceptors (Lipinski definition) is 4. The first-order chi connectivity index (χ1) is 12.1. The zero-order valence-electron chi connectivity index (χ0n) is 14.9. The lowest BCUT2D eigenvalue weighted by atomic mass is 10.1. The minimum atomic E-state index is -0.470. The highest BCUT2D eigenvalue weighted by Gasteiger charge is 2.21. The van der Waals surface area contributed by atoms with Crippen molar-refractivity contribution in [2.45, 2.75) is 57.7 Å². The molecule has 0 aliphatic heterocycles. The van der Waals surface area contributed by atoms with Crippen molar-refractivity contribution in [2.75, 3.05) is 5.32 Å². The molecule has 0 radical (unpaired) electrons. The number of amides is 1. The van der Waals surface area contributed by atoms with Crippen LogP contribution in [0.2, 0.25) is 0 Å². The molecule has 2 aromatic heterocycles. The maximum Gasteiger partial charge on any atom is 0.254 e. The van der Waals surface area contributed by atoms with Gasteiger partial charge in [0, 0.05) is 31.1 Å². The molecule has 1 aliphatic carbocycles. The number of hydrogen-bond donors (Lipinski definition) is 1. The van der Waals surface area contributed by atoms with Crippen molar-refractivity contribution in [1.29, 1.82) is 0 Å². The van der Waals surface area contributed by atoms with Crippen LogP contribution in [0.5, 0.6) is 0 Å². The predicted octanol–water partition coefficient (Wildman–Crippen LogP) is 3.55. The number of aromatic nitrogens is 3. The fraction of sp³-hybridized carbons (Fsp3) is 0.526. The molecule has 1 atom stereocenters. The van der Waals surface area contributed by atoms with E-state index in [-0.39, 0.29) is 12.0 Å². The maximum absolute atomic E-state index is 12.5. The smallest absolute Gasteiger partial charge is 0.254 e. The molecule has 1 saturated carbocycles. The third-order valence-corrected chi connectivity index (χ3v) is 4.68. The highest BCUT2D eigenvalue weighted by atomic mass is 16.5. The summed E-state index contributed by atoms with van der Waals surface area (Å²) in [6.07, 6.45) is 10.2. The van der Waals surface area contributed by atoms with Crippen molar-refractivity contribution in [2.24, 2.45) is 7.05 Å². The van der Waals surface area contributed by atoms with E-state index in [4.69, 9.17) is 4.74 Å². The fourth-order valence-electron chi connectivity index (χ4n) is 3.20. The fourth-order valence-corrected chi connectivity index (χ4v) is 3.20. The van der Waals surface area contributed by atoms with Crippen LogP contribution in [-0.2, 0) is 16.6 Å². The van der Waals surface area contributed by atoms with Gasteiger partial charge in [0.15, 0.2) is 0 Å². The van der Waals surface area contributed by atoms with E-state index < -0.39 is 6.10 Å². The van der Waals surface area contributed by atoms with Gasteiger partial charge in [-0.25, -0.2) is 0 Å². The average molecular weight is 342 g/mol. The Kier molecular flexibility index (Phi) is 5.81. The van der Waals surface area contributed by atoms with E-state index in [0.29, 0.717) is 5.82 Å². The summed E-state index contributed by atoms with van der Waals surface area (Å²) in [5, 5.41) is 7.38. The molecule has 2 heterocycles. The van der Waals surface area contributed by atoms with E-state index in [0.717, 1.165) is 24.1 Å². The van der Waals surface area contributed by atoms with Crippen LogP contribution >= 0.6 is 0 Å². The van der Waals surface area contributed by atoms with Crippen LogP contribution in [0.25, 0.3) is 11.3 Å². The van der Waals surface area contributed by atoms with E-state index in [9.17, 15) is 4.79 Å². The molecule has 6 heteroatoms. The highest BCUT2D eigenvalue weighted by Crippen LogP contribution is 2.23. The van der Waals surface area contributed by atoms with Crippen molar-refractivity contribution in [1.82, 2.24) is 14.8 Å². The van der Waals surface area contributed by atoms with Crippen LogP contribution in [0, 0.1) is 0 Å². The van der Waals surface area contributed by atoms with Crippen LogP contribution in [0.3, 0.4) is 0 Å². The zero-order valence-corrected chi connectivity index (χ0v) is 14.9. The van der Waals surface area contributed by atoms with Gasteiger partial charge in [-0.05, 0) is 31.9 Å². The van der Waals surface area contributed by atoms with Gasteiger partial charge in [-0.2, -0.15) is 5.10 Å². The molecule has 25 heavy (non-hydrogen) atoms. The van der Waals surface area contributed by atoms with E-state index in [2.05, 4.69) is 15.4 Å². The van der Waals surface area contributed by atoms with Gasteiger partial charge in [-0.15, -0.1) is 0 Å².